The molecule has 0 amide bonds. The molecule has 0 unspecified atom stereocenters. The zero-order valence-electron chi connectivity index (χ0n) is 12.0. The van der Waals surface area contributed by atoms with Crippen LogP contribution in [-0.4, -0.2) is 36.3 Å². The summed E-state index contributed by atoms with van der Waals surface area (Å²) >= 11 is 0. The van der Waals surface area contributed by atoms with E-state index in [4.69, 9.17) is 10.5 Å². The minimum Gasteiger partial charge on any atom is -0.448 e. The zero-order chi connectivity index (χ0) is 16.2. The third-order valence-corrected chi connectivity index (χ3v) is 4.45. The largest absolute Gasteiger partial charge is 0.448 e. The zero-order valence-corrected chi connectivity index (χ0v) is 12.8. The lowest BCUT2D eigenvalue weighted by molar-refractivity contribution is -0.143. The van der Waals surface area contributed by atoms with E-state index < -0.39 is 27.8 Å². The molecule has 0 radical (unpaired) electrons. The molecule has 0 spiro atoms. The number of nitrogens with zero attached hydrogens (tertiary/aromatic N) is 1. The van der Waals surface area contributed by atoms with Crippen LogP contribution in [0.15, 0.2) is 41.7 Å². The van der Waals surface area contributed by atoms with Gasteiger partial charge in [-0.2, -0.15) is 0 Å². The molecule has 7 nitrogen and oxygen atoms in total. The van der Waals surface area contributed by atoms with Gasteiger partial charge in [-0.15, -0.1) is 0 Å². The fourth-order valence-corrected chi connectivity index (χ4v) is 2.73. The number of hydrogen-bond acceptors (Lipinski definition) is 6. The predicted octanol–water partition coefficient (Wildman–Crippen LogP) is 0.563. The van der Waals surface area contributed by atoms with Crippen LogP contribution in [0.1, 0.15) is 11.3 Å². The van der Waals surface area contributed by atoms with E-state index in [1.165, 1.54) is 24.7 Å². The summed E-state index contributed by atoms with van der Waals surface area (Å²) in [6.07, 6.45) is 3.20. The van der Waals surface area contributed by atoms with Gasteiger partial charge >= 0.3 is 5.97 Å². The quantitative estimate of drug-likeness (QED) is 0.751. The lowest BCUT2D eigenvalue weighted by atomic mass is 10.2. The highest BCUT2D eigenvalue weighted by molar-refractivity contribution is 7.91. The third kappa shape index (κ3) is 4.15. The van der Waals surface area contributed by atoms with Gasteiger partial charge in [0.15, 0.2) is 5.94 Å². The van der Waals surface area contributed by atoms with Crippen molar-refractivity contribution in [1.29, 1.82) is 0 Å². The first-order chi connectivity index (χ1) is 10.4. The van der Waals surface area contributed by atoms with Crippen molar-refractivity contribution >= 4 is 15.8 Å². The highest BCUT2D eigenvalue weighted by Gasteiger charge is 2.21. The number of nitrogens with one attached hydrogen (secondary N) is 1. The summed E-state index contributed by atoms with van der Waals surface area (Å²) in [6.45, 7) is 1.85. The molecule has 0 saturated heterocycles. The highest BCUT2D eigenvalue weighted by Crippen LogP contribution is 2.12. The van der Waals surface area contributed by atoms with E-state index in [0.29, 0.717) is 5.69 Å². The second-order valence-electron chi connectivity index (χ2n) is 4.90. The summed E-state index contributed by atoms with van der Waals surface area (Å²) in [4.78, 5) is 18.5. The molecule has 2 rings (SSSR count). The van der Waals surface area contributed by atoms with Crippen molar-refractivity contribution in [3.63, 3.8) is 0 Å². The first-order valence-electron chi connectivity index (χ1n) is 6.57. The van der Waals surface area contributed by atoms with Gasteiger partial charge in [-0.3, -0.25) is 4.79 Å². The average Bonchev–Trinajstić information content (AvgIpc) is 2.98. The van der Waals surface area contributed by atoms with Crippen molar-refractivity contribution in [2.24, 2.45) is 5.73 Å². The molecule has 0 aliphatic heterocycles. The van der Waals surface area contributed by atoms with Crippen LogP contribution in [0.4, 0.5) is 0 Å². The number of benzene rings is 1. The molecule has 1 atom stereocenters. The highest BCUT2D eigenvalue weighted by atomic mass is 32.2. The maximum atomic E-state index is 12.1. The Hall–Kier alpha value is -2.19. The van der Waals surface area contributed by atoms with E-state index in [0.717, 1.165) is 5.56 Å². The summed E-state index contributed by atoms with van der Waals surface area (Å²) in [5.74, 6) is -1.50. The Kier molecular flexibility index (Phi) is 4.94. The molecule has 0 aliphatic rings. The number of aromatic amines is 1. The van der Waals surface area contributed by atoms with E-state index in [9.17, 15) is 13.2 Å². The van der Waals surface area contributed by atoms with Crippen LogP contribution in [0.5, 0.6) is 0 Å². The molecule has 2 aromatic rings. The Morgan fingerprint density at radius 3 is 2.64 bits per heavy atom. The number of ether oxygens (including phenoxy) is 1. The van der Waals surface area contributed by atoms with Crippen molar-refractivity contribution < 1.29 is 17.9 Å². The number of esters is 1. The van der Waals surface area contributed by atoms with Crippen molar-refractivity contribution in [2.45, 2.75) is 24.3 Å². The normalized spacial score (nSPS) is 12.8. The number of imidazole rings is 1. The van der Waals surface area contributed by atoms with Gasteiger partial charge in [0.05, 0.1) is 11.2 Å². The molecule has 1 aromatic carbocycles. The number of carbonyl (C=O) groups is 1. The van der Waals surface area contributed by atoms with E-state index in [1.807, 2.05) is 6.92 Å². The van der Waals surface area contributed by atoms with Crippen molar-refractivity contribution in [2.75, 3.05) is 5.94 Å². The first-order valence-corrected chi connectivity index (χ1v) is 8.22. The van der Waals surface area contributed by atoms with Crippen LogP contribution < -0.4 is 5.73 Å². The maximum Gasteiger partial charge on any atom is 0.324 e. The summed E-state index contributed by atoms with van der Waals surface area (Å²) < 4.78 is 28.9. The number of sulfone groups is 1. The van der Waals surface area contributed by atoms with Crippen molar-refractivity contribution in [3.8, 4) is 0 Å². The van der Waals surface area contributed by atoms with Crippen LogP contribution in [0, 0.1) is 6.92 Å². The molecule has 0 fully saturated rings. The maximum absolute atomic E-state index is 12.1. The first kappa shape index (κ1) is 16.2. The number of nitrogens with two attached hydrogens (primary N) is 1. The fourth-order valence-electron chi connectivity index (χ4n) is 1.77. The number of rotatable bonds is 6. The van der Waals surface area contributed by atoms with E-state index in [1.54, 1.807) is 12.1 Å². The van der Waals surface area contributed by atoms with Gasteiger partial charge in [-0.05, 0) is 19.1 Å². The van der Waals surface area contributed by atoms with Gasteiger partial charge in [-0.25, -0.2) is 13.4 Å². The molecule has 0 aliphatic carbocycles. The number of aryl methyl sites for hydroxylation is 1. The molecule has 0 bridgehead atoms. The Morgan fingerprint density at radius 2 is 2.05 bits per heavy atom. The van der Waals surface area contributed by atoms with E-state index in [-0.39, 0.29) is 11.3 Å². The lowest BCUT2D eigenvalue weighted by Crippen LogP contribution is -2.35. The van der Waals surface area contributed by atoms with Gasteiger partial charge in [0, 0.05) is 18.3 Å². The van der Waals surface area contributed by atoms with Gasteiger partial charge in [0.1, 0.15) is 6.04 Å². The molecule has 1 aromatic heterocycles. The van der Waals surface area contributed by atoms with Gasteiger partial charge < -0.3 is 15.5 Å². The Bertz CT molecular complexity index is 724. The number of H-pyrrole nitrogens is 1. The molecule has 3 N–H and O–H groups in total. The van der Waals surface area contributed by atoms with E-state index in [2.05, 4.69) is 9.97 Å². The molecule has 0 saturated carbocycles. The Morgan fingerprint density at radius 1 is 1.36 bits per heavy atom. The Labute approximate surface area is 128 Å². The van der Waals surface area contributed by atoms with Crippen LogP contribution in [-0.2, 0) is 25.8 Å². The molecular formula is C14H17N3O4S. The monoisotopic (exact) mass is 323 g/mol. The molecule has 1 heterocycles. The van der Waals surface area contributed by atoms with Crippen LogP contribution in [0.3, 0.4) is 0 Å². The number of hydrogen-bond donors (Lipinski definition) is 2. The molecular weight excluding hydrogens is 306 g/mol. The average molecular weight is 323 g/mol. The van der Waals surface area contributed by atoms with Crippen LogP contribution in [0.25, 0.3) is 0 Å². The van der Waals surface area contributed by atoms with Crippen molar-refractivity contribution in [1.82, 2.24) is 9.97 Å². The minimum atomic E-state index is -3.69. The van der Waals surface area contributed by atoms with Crippen LogP contribution >= 0.6 is 0 Å². The predicted molar refractivity (Wildman–Crippen MR) is 79.6 cm³/mol. The lowest BCUT2D eigenvalue weighted by Gasteiger charge is -2.11. The molecule has 22 heavy (non-hydrogen) atoms. The summed E-state index contributed by atoms with van der Waals surface area (Å²) in [5, 5.41) is 0. The minimum absolute atomic E-state index is 0.105. The van der Waals surface area contributed by atoms with Crippen LogP contribution in [0.2, 0.25) is 0 Å². The summed E-state index contributed by atoms with van der Waals surface area (Å²) in [7, 11) is -3.69. The molecule has 8 heteroatoms. The Balaban J connectivity index is 1.93. The third-order valence-electron chi connectivity index (χ3n) is 3.03. The summed E-state index contributed by atoms with van der Waals surface area (Å²) in [5.41, 5.74) is 7.29. The van der Waals surface area contributed by atoms with Gasteiger partial charge in [-0.1, -0.05) is 17.7 Å². The molecule has 118 valence electrons. The van der Waals surface area contributed by atoms with Gasteiger partial charge in [0.25, 0.3) is 0 Å². The van der Waals surface area contributed by atoms with E-state index >= 15 is 0 Å². The smallest absolute Gasteiger partial charge is 0.324 e. The second kappa shape index (κ2) is 6.71. The standard InChI is InChI=1S/C14H17N3O4S/c1-10-2-4-12(5-3-10)22(19,20)9-21-14(18)13(15)6-11-7-16-8-17-11/h2-5,7-8,13H,6,9,15H2,1H3,(H,16,17)/t13-/m0/s1. The SMILES string of the molecule is Cc1ccc(S(=O)(=O)COC(=O)[C@@H](N)Cc2cnc[nH]2)cc1. The van der Waals surface area contributed by atoms with Gasteiger partial charge in [0.2, 0.25) is 9.84 Å². The van der Waals surface area contributed by atoms with Crippen molar-refractivity contribution in [3.05, 3.63) is 48.0 Å². The topological polar surface area (TPSA) is 115 Å². The number of carbonyl (C=O) groups excluding carboxylic acids is 1. The fraction of sp³-hybridized carbons (Fsp3) is 0.286. The summed E-state index contributed by atoms with van der Waals surface area (Å²) in [6, 6.07) is 5.36. The second-order valence-corrected chi connectivity index (χ2v) is 6.83. The number of aromatic nitrogens is 2.